The third-order valence-corrected chi connectivity index (χ3v) is 1.62. The predicted octanol–water partition coefficient (Wildman–Crippen LogP) is -0.524. The molecular formula is C6H10N2O2. The van der Waals surface area contributed by atoms with E-state index >= 15 is 0 Å². The summed E-state index contributed by atoms with van der Waals surface area (Å²) in [5.74, 6) is -0.256. The van der Waals surface area contributed by atoms with Crippen molar-refractivity contribution in [3.8, 4) is 0 Å². The maximum Gasteiger partial charge on any atom is 0.312 e. The van der Waals surface area contributed by atoms with Crippen molar-refractivity contribution in [3.63, 3.8) is 0 Å². The maximum atomic E-state index is 11.0. The van der Waals surface area contributed by atoms with E-state index in [4.69, 9.17) is 0 Å². The third kappa shape index (κ3) is 0.964. The topological polar surface area (TPSA) is 55.2 Å². The van der Waals surface area contributed by atoms with E-state index in [0.717, 1.165) is 4.74 Å². The van der Waals surface area contributed by atoms with Gasteiger partial charge in [-0.15, -0.1) is 0 Å². The molecule has 0 saturated carbocycles. The number of hydrogen-bond acceptors (Lipinski definition) is 2. The first kappa shape index (κ1) is 7.05. The van der Waals surface area contributed by atoms with Crippen molar-refractivity contribution in [1.82, 2.24) is 5.32 Å². The third-order valence-electron chi connectivity index (χ3n) is 1.62. The Bertz CT molecular complexity index is 198. The van der Waals surface area contributed by atoms with Gasteiger partial charge in [-0.05, 0) is 0 Å². The number of carbonyl (C=O) groups is 1. The monoisotopic (exact) mass is 142 g/mol. The lowest BCUT2D eigenvalue weighted by Crippen LogP contribution is -2.48. The summed E-state index contributed by atoms with van der Waals surface area (Å²) in [6, 6.07) is -0.127. The Labute approximate surface area is 59.1 Å². The molecule has 4 heteroatoms. The van der Waals surface area contributed by atoms with Crippen LogP contribution in [0, 0.1) is 5.21 Å². The quantitative estimate of drug-likeness (QED) is 0.365. The van der Waals surface area contributed by atoms with Gasteiger partial charge in [0, 0.05) is 13.8 Å². The Balaban J connectivity index is 2.92. The molecule has 1 aliphatic rings. The minimum Gasteiger partial charge on any atom is -0.623 e. The Morgan fingerprint density at radius 3 is 2.90 bits per heavy atom. The zero-order valence-corrected chi connectivity index (χ0v) is 6.05. The van der Waals surface area contributed by atoms with Crippen LogP contribution >= 0.6 is 0 Å². The maximum absolute atomic E-state index is 11.0. The van der Waals surface area contributed by atoms with Gasteiger partial charge in [0.2, 0.25) is 5.71 Å². The number of carbonyl (C=O) groups excluding carboxylic acids is 1. The second-order valence-electron chi connectivity index (χ2n) is 2.47. The SMILES string of the molecule is CC1=[N+]([O-])C(C)CNC1=O. The zero-order valence-electron chi connectivity index (χ0n) is 6.05. The van der Waals surface area contributed by atoms with Gasteiger partial charge in [0.1, 0.15) is 0 Å². The first-order valence-corrected chi connectivity index (χ1v) is 3.21. The van der Waals surface area contributed by atoms with E-state index in [1.54, 1.807) is 6.92 Å². The first-order chi connectivity index (χ1) is 4.63. The average Bonchev–Trinajstić information content (AvgIpc) is 1.93. The van der Waals surface area contributed by atoms with Crippen LogP contribution in [0.25, 0.3) is 0 Å². The Kier molecular flexibility index (Phi) is 1.61. The summed E-state index contributed by atoms with van der Waals surface area (Å²) < 4.78 is 0.749. The molecule has 0 bridgehead atoms. The van der Waals surface area contributed by atoms with E-state index in [-0.39, 0.29) is 17.7 Å². The van der Waals surface area contributed by atoms with Crippen molar-refractivity contribution in [2.45, 2.75) is 19.9 Å². The Morgan fingerprint density at radius 1 is 1.80 bits per heavy atom. The van der Waals surface area contributed by atoms with Crippen LogP contribution in [-0.4, -0.2) is 28.9 Å². The average molecular weight is 142 g/mol. The van der Waals surface area contributed by atoms with E-state index in [2.05, 4.69) is 5.32 Å². The van der Waals surface area contributed by atoms with Crippen LogP contribution in [0.15, 0.2) is 0 Å². The van der Waals surface area contributed by atoms with Crippen LogP contribution in [-0.2, 0) is 4.79 Å². The molecule has 10 heavy (non-hydrogen) atoms. The van der Waals surface area contributed by atoms with Crippen LogP contribution in [0.5, 0.6) is 0 Å². The van der Waals surface area contributed by atoms with Gasteiger partial charge >= 0.3 is 5.91 Å². The second-order valence-corrected chi connectivity index (χ2v) is 2.47. The molecule has 0 aromatic rings. The van der Waals surface area contributed by atoms with Crippen LogP contribution in [0.1, 0.15) is 13.8 Å². The molecule has 0 fully saturated rings. The van der Waals surface area contributed by atoms with Gasteiger partial charge in [-0.2, -0.15) is 0 Å². The smallest absolute Gasteiger partial charge is 0.312 e. The highest BCUT2D eigenvalue weighted by atomic mass is 16.5. The van der Waals surface area contributed by atoms with E-state index in [9.17, 15) is 10.0 Å². The van der Waals surface area contributed by atoms with E-state index in [0.29, 0.717) is 6.54 Å². The van der Waals surface area contributed by atoms with E-state index in [1.165, 1.54) is 6.92 Å². The summed E-state index contributed by atoms with van der Waals surface area (Å²) in [6.07, 6.45) is 0. The molecule has 1 N–H and O–H groups in total. The molecule has 0 aliphatic carbocycles. The molecule has 4 nitrogen and oxygen atoms in total. The zero-order chi connectivity index (χ0) is 7.72. The highest BCUT2D eigenvalue weighted by molar-refractivity contribution is 6.36. The number of hydrogen-bond donors (Lipinski definition) is 1. The van der Waals surface area contributed by atoms with Crippen molar-refractivity contribution in [2.24, 2.45) is 0 Å². The predicted molar refractivity (Wildman–Crippen MR) is 36.8 cm³/mol. The minimum absolute atomic E-state index is 0.127. The highest BCUT2D eigenvalue weighted by Gasteiger charge is 2.24. The molecule has 0 spiro atoms. The summed E-state index contributed by atoms with van der Waals surface area (Å²) in [4.78, 5) is 10.8. The molecule has 1 amide bonds. The number of nitrogens with one attached hydrogen (secondary N) is 1. The van der Waals surface area contributed by atoms with Crippen molar-refractivity contribution in [3.05, 3.63) is 5.21 Å². The lowest BCUT2D eigenvalue weighted by atomic mass is 10.2. The molecule has 0 saturated heterocycles. The molecule has 1 unspecified atom stereocenters. The first-order valence-electron chi connectivity index (χ1n) is 3.21. The van der Waals surface area contributed by atoms with Crippen molar-refractivity contribution < 1.29 is 9.53 Å². The van der Waals surface area contributed by atoms with Gasteiger partial charge in [0.25, 0.3) is 0 Å². The second kappa shape index (κ2) is 2.28. The number of hydroxylamine groups is 1. The normalized spacial score (nSPS) is 26.6. The molecule has 56 valence electrons. The number of rotatable bonds is 0. The van der Waals surface area contributed by atoms with Crippen LogP contribution in [0.2, 0.25) is 0 Å². The van der Waals surface area contributed by atoms with E-state index in [1.807, 2.05) is 0 Å². The Hall–Kier alpha value is -1.06. The summed E-state index contributed by atoms with van der Waals surface area (Å²) >= 11 is 0. The van der Waals surface area contributed by atoms with Gasteiger partial charge in [0.15, 0.2) is 6.04 Å². The highest BCUT2D eigenvalue weighted by Crippen LogP contribution is 1.94. The number of amides is 1. The molecule has 1 aliphatic heterocycles. The molecular weight excluding hydrogens is 132 g/mol. The Morgan fingerprint density at radius 2 is 2.40 bits per heavy atom. The van der Waals surface area contributed by atoms with Crippen molar-refractivity contribution in [2.75, 3.05) is 6.54 Å². The van der Waals surface area contributed by atoms with Gasteiger partial charge in [-0.25, -0.2) is 4.74 Å². The fourth-order valence-electron chi connectivity index (χ4n) is 0.882. The molecule has 1 rings (SSSR count). The fourth-order valence-corrected chi connectivity index (χ4v) is 0.882. The molecule has 0 aromatic heterocycles. The van der Waals surface area contributed by atoms with Crippen molar-refractivity contribution in [1.29, 1.82) is 0 Å². The summed E-state index contributed by atoms with van der Waals surface area (Å²) in [6.45, 7) is 3.74. The fraction of sp³-hybridized carbons (Fsp3) is 0.667. The van der Waals surface area contributed by atoms with Gasteiger partial charge in [-0.1, -0.05) is 0 Å². The summed E-state index contributed by atoms with van der Waals surface area (Å²) in [7, 11) is 0. The summed E-state index contributed by atoms with van der Waals surface area (Å²) in [5, 5.41) is 13.5. The van der Waals surface area contributed by atoms with Gasteiger partial charge in [0.05, 0.1) is 6.54 Å². The van der Waals surface area contributed by atoms with Crippen LogP contribution < -0.4 is 5.32 Å². The van der Waals surface area contributed by atoms with Crippen LogP contribution in [0.3, 0.4) is 0 Å². The summed E-state index contributed by atoms with van der Waals surface area (Å²) in [5.41, 5.74) is 0.249. The largest absolute Gasteiger partial charge is 0.623 e. The molecule has 1 heterocycles. The number of nitrogens with zero attached hydrogens (tertiary/aromatic N) is 1. The molecule has 0 radical (unpaired) electrons. The van der Waals surface area contributed by atoms with Gasteiger partial charge in [-0.3, -0.25) is 4.79 Å². The molecule has 0 aromatic carbocycles. The van der Waals surface area contributed by atoms with Crippen molar-refractivity contribution >= 4 is 11.6 Å². The lowest BCUT2D eigenvalue weighted by Gasteiger charge is -2.19. The van der Waals surface area contributed by atoms with Gasteiger partial charge < -0.3 is 10.5 Å². The molecule has 1 atom stereocenters. The lowest BCUT2D eigenvalue weighted by molar-refractivity contribution is -0.496. The van der Waals surface area contributed by atoms with E-state index < -0.39 is 0 Å². The van der Waals surface area contributed by atoms with Crippen LogP contribution in [0.4, 0.5) is 0 Å². The minimum atomic E-state index is -0.256. The standard InChI is InChI=1S/C6H10N2O2/c1-4-3-7-6(9)5(2)8(4)10/h4H,3H2,1-2H3,(H,7,9).